The van der Waals surface area contributed by atoms with Crippen LogP contribution in [0.4, 0.5) is 0 Å². The van der Waals surface area contributed by atoms with Crippen LogP contribution in [-0.2, 0) is 0 Å². The van der Waals surface area contributed by atoms with E-state index in [-0.39, 0.29) is 0 Å². The van der Waals surface area contributed by atoms with Crippen LogP contribution in [0.5, 0.6) is 17.2 Å². The van der Waals surface area contributed by atoms with Crippen molar-refractivity contribution >= 4 is 11.5 Å². The van der Waals surface area contributed by atoms with E-state index in [0.29, 0.717) is 17.2 Å². The summed E-state index contributed by atoms with van der Waals surface area (Å²) in [4.78, 5) is 5.15. The summed E-state index contributed by atoms with van der Waals surface area (Å²) in [7, 11) is 4.80. The standard InChI is InChI=1S/C17H16N2O3S/c1-20-14-7-12(8-15(21-2)17(14)22-3)16-9-13(19-23-16)11-5-4-6-18-10-11/h4-10H,1-3H3. The van der Waals surface area contributed by atoms with Crippen LogP contribution in [0.1, 0.15) is 0 Å². The molecule has 0 spiro atoms. The quantitative estimate of drug-likeness (QED) is 0.711. The first-order chi connectivity index (χ1) is 11.3. The molecule has 0 fully saturated rings. The van der Waals surface area contributed by atoms with E-state index >= 15 is 0 Å². The van der Waals surface area contributed by atoms with Crippen molar-refractivity contribution in [2.75, 3.05) is 21.3 Å². The SMILES string of the molecule is COc1cc(-c2cc(-c3cccnc3)ns2)cc(OC)c1OC. The molecule has 0 aliphatic rings. The Morgan fingerprint density at radius 1 is 0.913 bits per heavy atom. The molecular weight excluding hydrogens is 312 g/mol. The Kier molecular flexibility index (Phi) is 4.43. The van der Waals surface area contributed by atoms with Crippen LogP contribution in [0.2, 0.25) is 0 Å². The summed E-state index contributed by atoms with van der Waals surface area (Å²) in [6, 6.07) is 9.75. The summed E-state index contributed by atoms with van der Waals surface area (Å²) in [5, 5.41) is 0. The number of hydrogen-bond donors (Lipinski definition) is 0. The molecule has 3 aromatic rings. The number of benzene rings is 1. The molecule has 0 bridgehead atoms. The van der Waals surface area contributed by atoms with Crippen molar-refractivity contribution < 1.29 is 14.2 Å². The van der Waals surface area contributed by atoms with Crippen molar-refractivity contribution in [3.63, 3.8) is 0 Å². The normalized spacial score (nSPS) is 10.4. The van der Waals surface area contributed by atoms with Crippen LogP contribution in [0.15, 0.2) is 42.7 Å². The third kappa shape index (κ3) is 2.98. The number of nitrogens with zero attached hydrogens (tertiary/aromatic N) is 2. The molecule has 0 amide bonds. The summed E-state index contributed by atoms with van der Waals surface area (Å²) in [5.41, 5.74) is 2.85. The molecule has 3 rings (SSSR count). The number of aromatic nitrogens is 2. The first-order valence-corrected chi connectivity index (χ1v) is 7.71. The van der Waals surface area contributed by atoms with Gasteiger partial charge in [-0.1, -0.05) is 0 Å². The van der Waals surface area contributed by atoms with Crippen molar-refractivity contribution in [3.05, 3.63) is 42.7 Å². The first kappa shape index (κ1) is 15.3. The summed E-state index contributed by atoms with van der Waals surface area (Å²) >= 11 is 1.42. The fourth-order valence-electron chi connectivity index (χ4n) is 2.28. The molecule has 23 heavy (non-hydrogen) atoms. The Labute approximate surface area is 138 Å². The number of hydrogen-bond acceptors (Lipinski definition) is 6. The van der Waals surface area contributed by atoms with Gasteiger partial charge in [0.15, 0.2) is 11.5 Å². The Morgan fingerprint density at radius 2 is 1.65 bits per heavy atom. The van der Waals surface area contributed by atoms with Gasteiger partial charge in [-0.2, -0.15) is 4.37 Å². The van der Waals surface area contributed by atoms with Crippen molar-refractivity contribution in [1.29, 1.82) is 0 Å². The fourth-order valence-corrected chi connectivity index (χ4v) is 3.03. The second kappa shape index (κ2) is 6.66. The summed E-state index contributed by atoms with van der Waals surface area (Å²) in [6.07, 6.45) is 3.55. The zero-order valence-corrected chi connectivity index (χ0v) is 13.9. The average molecular weight is 328 g/mol. The monoisotopic (exact) mass is 328 g/mol. The number of ether oxygens (including phenoxy) is 3. The fraction of sp³-hybridized carbons (Fsp3) is 0.176. The topological polar surface area (TPSA) is 53.5 Å². The minimum absolute atomic E-state index is 0.579. The lowest BCUT2D eigenvalue weighted by atomic mass is 10.1. The Balaban J connectivity index is 2.04. The van der Waals surface area contributed by atoms with Crippen molar-refractivity contribution in [3.8, 4) is 38.9 Å². The lowest BCUT2D eigenvalue weighted by molar-refractivity contribution is 0.324. The van der Waals surface area contributed by atoms with E-state index in [0.717, 1.165) is 21.7 Å². The predicted octanol–water partition coefficient (Wildman–Crippen LogP) is 3.90. The largest absolute Gasteiger partial charge is 0.493 e. The maximum absolute atomic E-state index is 5.40. The summed E-state index contributed by atoms with van der Waals surface area (Å²) in [5.74, 6) is 1.83. The van der Waals surface area contributed by atoms with Gasteiger partial charge in [0.1, 0.15) is 0 Å². The van der Waals surface area contributed by atoms with Gasteiger partial charge in [0.05, 0.1) is 31.9 Å². The summed E-state index contributed by atoms with van der Waals surface area (Å²) < 4.78 is 20.7. The van der Waals surface area contributed by atoms with E-state index in [1.54, 1.807) is 33.7 Å². The van der Waals surface area contributed by atoms with Crippen LogP contribution < -0.4 is 14.2 Å². The molecular formula is C17H16N2O3S. The van der Waals surface area contributed by atoms with Crippen molar-refractivity contribution in [1.82, 2.24) is 9.36 Å². The molecule has 2 heterocycles. The van der Waals surface area contributed by atoms with Gasteiger partial charge < -0.3 is 14.2 Å². The second-order valence-corrected chi connectivity index (χ2v) is 5.54. The van der Waals surface area contributed by atoms with Crippen LogP contribution in [-0.4, -0.2) is 30.7 Å². The molecule has 0 saturated carbocycles. The van der Waals surface area contributed by atoms with Crippen molar-refractivity contribution in [2.24, 2.45) is 0 Å². The summed E-state index contributed by atoms with van der Waals surface area (Å²) in [6.45, 7) is 0. The Hall–Kier alpha value is -2.60. The van der Waals surface area contributed by atoms with Gasteiger partial charge >= 0.3 is 0 Å². The molecule has 5 nitrogen and oxygen atoms in total. The molecule has 0 saturated heterocycles. The highest BCUT2D eigenvalue weighted by molar-refractivity contribution is 7.09. The third-order valence-corrected chi connectivity index (χ3v) is 4.25. The van der Waals surface area contributed by atoms with Gasteiger partial charge in [-0.3, -0.25) is 4.98 Å². The molecule has 0 aliphatic heterocycles. The van der Waals surface area contributed by atoms with Gasteiger partial charge in [0.25, 0.3) is 0 Å². The van der Waals surface area contributed by atoms with E-state index < -0.39 is 0 Å². The molecule has 0 radical (unpaired) electrons. The molecule has 1 aromatic carbocycles. The van der Waals surface area contributed by atoms with E-state index in [9.17, 15) is 0 Å². The molecule has 6 heteroatoms. The maximum Gasteiger partial charge on any atom is 0.203 e. The maximum atomic E-state index is 5.40. The second-order valence-electron chi connectivity index (χ2n) is 4.73. The zero-order chi connectivity index (χ0) is 16.2. The van der Waals surface area contributed by atoms with Gasteiger partial charge in [-0.15, -0.1) is 0 Å². The van der Waals surface area contributed by atoms with Gasteiger partial charge in [0.2, 0.25) is 5.75 Å². The van der Waals surface area contributed by atoms with Crippen molar-refractivity contribution in [2.45, 2.75) is 0 Å². The smallest absolute Gasteiger partial charge is 0.203 e. The minimum atomic E-state index is 0.579. The van der Waals surface area contributed by atoms with Crippen LogP contribution >= 0.6 is 11.5 Å². The minimum Gasteiger partial charge on any atom is -0.493 e. The average Bonchev–Trinajstić information content (AvgIpc) is 3.11. The molecule has 2 aromatic heterocycles. The van der Waals surface area contributed by atoms with Crippen LogP contribution in [0.25, 0.3) is 21.7 Å². The third-order valence-electron chi connectivity index (χ3n) is 3.42. The number of methoxy groups -OCH3 is 3. The molecule has 0 unspecified atom stereocenters. The zero-order valence-electron chi connectivity index (χ0n) is 13.1. The highest BCUT2D eigenvalue weighted by Crippen LogP contribution is 2.42. The highest BCUT2D eigenvalue weighted by Gasteiger charge is 2.15. The molecule has 0 N–H and O–H groups in total. The lowest BCUT2D eigenvalue weighted by Gasteiger charge is -2.13. The van der Waals surface area contributed by atoms with E-state index in [4.69, 9.17) is 14.2 Å². The van der Waals surface area contributed by atoms with Gasteiger partial charge in [0, 0.05) is 23.5 Å². The van der Waals surface area contributed by atoms with E-state index in [2.05, 4.69) is 9.36 Å². The number of rotatable bonds is 5. The van der Waals surface area contributed by atoms with E-state index in [1.165, 1.54) is 11.5 Å². The lowest BCUT2D eigenvalue weighted by Crippen LogP contribution is -1.95. The Morgan fingerprint density at radius 3 is 2.22 bits per heavy atom. The highest BCUT2D eigenvalue weighted by atomic mass is 32.1. The van der Waals surface area contributed by atoms with Crippen LogP contribution in [0, 0.1) is 0 Å². The van der Waals surface area contributed by atoms with Gasteiger partial charge in [-0.05, 0) is 41.9 Å². The van der Waals surface area contributed by atoms with Crippen LogP contribution in [0.3, 0.4) is 0 Å². The molecule has 0 aliphatic carbocycles. The number of pyridine rings is 1. The predicted molar refractivity (Wildman–Crippen MR) is 90.4 cm³/mol. The van der Waals surface area contributed by atoms with Gasteiger partial charge in [-0.25, -0.2) is 0 Å². The Bertz CT molecular complexity index is 778. The molecule has 0 atom stereocenters. The molecule has 118 valence electrons. The first-order valence-electron chi connectivity index (χ1n) is 6.94. The van der Waals surface area contributed by atoms with E-state index in [1.807, 2.05) is 30.3 Å².